The van der Waals surface area contributed by atoms with Crippen LogP contribution in [0.1, 0.15) is 36.3 Å². The molecule has 4 rings (SSSR count). The van der Waals surface area contributed by atoms with E-state index in [1.165, 1.54) is 0 Å². The van der Waals surface area contributed by atoms with Crippen molar-refractivity contribution in [1.82, 2.24) is 9.88 Å². The molecule has 3 aromatic rings. The van der Waals surface area contributed by atoms with Crippen molar-refractivity contribution in [2.45, 2.75) is 25.2 Å². The number of hydrogen-bond donors (Lipinski definition) is 1. The minimum atomic E-state index is -0.0925. The van der Waals surface area contributed by atoms with Crippen molar-refractivity contribution in [2.24, 2.45) is 0 Å². The van der Waals surface area contributed by atoms with Gasteiger partial charge in [0.2, 0.25) is 5.91 Å². The summed E-state index contributed by atoms with van der Waals surface area (Å²) in [4.78, 5) is 18.4. The number of carbonyl (C=O) groups is 1. The highest BCUT2D eigenvalue weighted by Crippen LogP contribution is 2.39. The molecule has 2 heterocycles. The van der Waals surface area contributed by atoms with E-state index in [1.807, 2.05) is 41.4 Å². The van der Waals surface area contributed by atoms with E-state index in [0.29, 0.717) is 6.42 Å². The maximum absolute atomic E-state index is 13.0. The lowest BCUT2D eigenvalue weighted by Crippen LogP contribution is -2.29. The zero-order valence-electron chi connectivity index (χ0n) is 16.4. The highest BCUT2D eigenvalue weighted by atomic mass is 16.5. The van der Waals surface area contributed by atoms with Crippen LogP contribution < -0.4 is 9.47 Å². The second-order valence-corrected chi connectivity index (χ2v) is 7.24. The molecule has 0 aliphatic carbocycles. The fourth-order valence-corrected chi connectivity index (χ4v) is 4.15. The average molecular weight is 378 g/mol. The van der Waals surface area contributed by atoms with Gasteiger partial charge in [-0.15, -0.1) is 0 Å². The van der Waals surface area contributed by atoms with Crippen LogP contribution in [0.3, 0.4) is 0 Å². The average Bonchev–Trinajstić information content (AvgIpc) is 3.42. The molecule has 2 aromatic carbocycles. The van der Waals surface area contributed by atoms with Gasteiger partial charge in [-0.2, -0.15) is 0 Å². The number of methoxy groups -OCH3 is 2. The number of nitrogens with zero attached hydrogens (tertiary/aromatic N) is 1. The van der Waals surface area contributed by atoms with Gasteiger partial charge in [0, 0.05) is 54.2 Å². The van der Waals surface area contributed by atoms with E-state index >= 15 is 0 Å². The van der Waals surface area contributed by atoms with Crippen molar-refractivity contribution >= 4 is 16.8 Å². The standard InChI is InChI=1S/C23H26N2O3/c1-27-16-9-10-18(22(13-16)28-2)19(14-23(26)25-11-5-6-12-25)20-15-24-21-8-4-3-7-17(20)21/h3-4,7-10,13,15,19,24H,5-6,11-12,14H2,1-2H3/t19-/m0/s1. The summed E-state index contributed by atoms with van der Waals surface area (Å²) >= 11 is 0. The molecule has 1 atom stereocenters. The van der Waals surface area contributed by atoms with Crippen LogP contribution in [-0.2, 0) is 4.79 Å². The monoisotopic (exact) mass is 378 g/mol. The zero-order valence-corrected chi connectivity index (χ0v) is 16.4. The number of likely N-dealkylation sites (tertiary alicyclic amines) is 1. The van der Waals surface area contributed by atoms with E-state index in [2.05, 4.69) is 17.1 Å². The Balaban J connectivity index is 1.78. The number of hydrogen-bond acceptors (Lipinski definition) is 3. The Bertz CT molecular complexity index is 973. The summed E-state index contributed by atoms with van der Waals surface area (Å²) in [5, 5.41) is 1.14. The molecule has 28 heavy (non-hydrogen) atoms. The van der Waals surface area contributed by atoms with Crippen LogP contribution in [0.5, 0.6) is 11.5 Å². The van der Waals surface area contributed by atoms with Crippen molar-refractivity contribution in [1.29, 1.82) is 0 Å². The summed E-state index contributed by atoms with van der Waals surface area (Å²) in [5.74, 6) is 1.59. The van der Waals surface area contributed by atoms with Gasteiger partial charge in [0.05, 0.1) is 14.2 Å². The van der Waals surface area contributed by atoms with Crippen molar-refractivity contribution < 1.29 is 14.3 Å². The Morgan fingerprint density at radius 2 is 1.86 bits per heavy atom. The fourth-order valence-electron chi connectivity index (χ4n) is 4.15. The SMILES string of the molecule is COc1ccc([C@H](CC(=O)N2CCCC2)c2c[nH]c3ccccc23)c(OC)c1. The molecule has 1 N–H and O–H groups in total. The number of H-pyrrole nitrogens is 1. The van der Waals surface area contributed by atoms with E-state index in [0.717, 1.165) is 59.5 Å². The number of amides is 1. The number of ether oxygens (including phenoxy) is 2. The smallest absolute Gasteiger partial charge is 0.223 e. The number of fused-ring (bicyclic) bond motifs is 1. The number of carbonyl (C=O) groups excluding carboxylic acids is 1. The Labute approximate surface area is 165 Å². The molecule has 1 fully saturated rings. The first-order valence-corrected chi connectivity index (χ1v) is 9.77. The Morgan fingerprint density at radius 1 is 1.07 bits per heavy atom. The second-order valence-electron chi connectivity index (χ2n) is 7.24. The summed E-state index contributed by atoms with van der Waals surface area (Å²) in [6.45, 7) is 1.72. The first-order chi connectivity index (χ1) is 13.7. The first kappa shape index (κ1) is 18.4. The molecule has 0 spiro atoms. The maximum Gasteiger partial charge on any atom is 0.223 e. The number of aromatic amines is 1. The Hall–Kier alpha value is -2.95. The van der Waals surface area contributed by atoms with Gasteiger partial charge in [0.25, 0.3) is 0 Å². The van der Waals surface area contributed by atoms with Crippen LogP contribution in [0.15, 0.2) is 48.7 Å². The molecule has 1 aliphatic heterocycles. The zero-order chi connectivity index (χ0) is 19.5. The van der Waals surface area contributed by atoms with Crippen LogP contribution in [0.25, 0.3) is 10.9 Å². The molecule has 1 aromatic heterocycles. The highest BCUT2D eigenvalue weighted by Gasteiger charge is 2.27. The molecule has 1 amide bonds. The van der Waals surface area contributed by atoms with Crippen molar-refractivity contribution in [3.8, 4) is 11.5 Å². The van der Waals surface area contributed by atoms with Crippen LogP contribution in [-0.4, -0.2) is 43.1 Å². The summed E-state index contributed by atoms with van der Waals surface area (Å²) in [6.07, 6.45) is 4.63. The fraction of sp³-hybridized carbons (Fsp3) is 0.348. The molecule has 5 heteroatoms. The van der Waals surface area contributed by atoms with Crippen molar-refractivity contribution in [3.05, 3.63) is 59.8 Å². The summed E-state index contributed by atoms with van der Waals surface area (Å²) in [5.41, 5.74) is 3.19. The molecule has 0 unspecified atom stereocenters. The Kier molecular flexibility index (Phi) is 5.24. The largest absolute Gasteiger partial charge is 0.497 e. The van der Waals surface area contributed by atoms with E-state index in [1.54, 1.807) is 14.2 Å². The molecular formula is C23H26N2O3. The number of para-hydroxylation sites is 1. The molecule has 1 saturated heterocycles. The predicted octanol–water partition coefficient (Wildman–Crippen LogP) is 4.33. The maximum atomic E-state index is 13.0. The van der Waals surface area contributed by atoms with E-state index in [-0.39, 0.29) is 11.8 Å². The van der Waals surface area contributed by atoms with Gasteiger partial charge in [-0.25, -0.2) is 0 Å². The predicted molar refractivity (Wildman–Crippen MR) is 110 cm³/mol. The third-order valence-electron chi connectivity index (χ3n) is 5.65. The quantitative estimate of drug-likeness (QED) is 0.695. The van der Waals surface area contributed by atoms with Gasteiger partial charge in [0.1, 0.15) is 11.5 Å². The Morgan fingerprint density at radius 3 is 2.61 bits per heavy atom. The second kappa shape index (κ2) is 7.97. The molecule has 5 nitrogen and oxygen atoms in total. The lowest BCUT2D eigenvalue weighted by Gasteiger charge is -2.23. The summed E-state index contributed by atoms with van der Waals surface area (Å²) < 4.78 is 11.0. The number of aromatic nitrogens is 1. The molecule has 0 saturated carbocycles. The van der Waals surface area contributed by atoms with Crippen LogP contribution in [0.4, 0.5) is 0 Å². The van der Waals surface area contributed by atoms with Crippen LogP contribution in [0, 0.1) is 0 Å². The number of benzene rings is 2. The van der Waals surface area contributed by atoms with Crippen LogP contribution in [0.2, 0.25) is 0 Å². The molecule has 0 radical (unpaired) electrons. The third-order valence-corrected chi connectivity index (χ3v) is 5.65. The van der Waals surface area contributed by atoms with Gasteiger partial charge in [0.15, 0.2) is 0 Å². The van der Waals surface area contributed by atoms with E-state index in [4.69, 9.17) is 9.47 Å². The minimum absolute atomic E-state index is 0.0925. The van der Waals surface area contributed by atoms with Gasteiger partial charge in [-0.05, 0) is 30.5 Å². The van der Waals surface area contributed by atoms with Crippen molar-refractivity contribution in [2.75, 3.05) is 27.3 Å². The third kappa shape index (κ3) is 3.44. The normalized spacial score (nSPS) is 15.0. The van der Waals surface area contributed by atoms with E-state index < -0.39 is 0 Å². The van der Waals surface area contributed by atoms with E-state index in [9.17, 15) is 4.79 Å². The summed E-state index contributed by atoms with van der Waals surface area (Å²) in [7, 11) is 3.30. The van der Waals surface area contributed by atoms with Gasteiger partial charge < -0.3 is 19.4 Å². The van der Waals surface area contributed by atoms with Crippen molar-refractivity contribution in [3.63, 3.8) is 0 Å². The molecule has 1 aliphatic rings. The molecular weight excluding hydrogens is 352 g/mol. The van der Waals surface area contributed by atoms with Crippen LogP contribution >= 0.6 is 0 Å². The number of nitrogens with one attached hydrogen (secondary N) is 1. The van der Waals surface area contributed by atoms with Gasteiger partial charge >= 0.3 is 0 Å². The molecule has 146 valence electrons. The molecule has 0 bridgehead atoms. The minimum Gasteiger partial charge on any atom is -0.497 e. The lowest BCUT2D eigenvalue weighted by molar-refractivity contribution is -0.130. The number of rotatable bonds is 6. The lowest BCUT2D eigenvalue weighted by atomic mass is 9.87. The first-order valence-electron chi connectivity index (χ1n) is 9.77. The van der Waals surface area contributed by atoms with Gasteiger partial charge in [-0.3, -0.25) is 4.79 Å². The van der Waals surface area contributed by atoms with Gasteiger partial charge in [-0.1, -0.05) is 24.3 Å². The highest BCUT2D eigenvalue weighted by molar-refractivity contribution is 5.86. The topological polar surface area (TPSA) is 54.6 Å². The summed E-state index contributed by atoms with van der Waals surface area (Å²) in [6, 6.07) is 14.0.